The van der Waals surface area contributed by atoms with E-state index in [2.05, 4.69) is 10.1 Å². The summed E-state index contributed by atoms with van der Waals surface area (Å²) in [6.45, 7) is 2.04. The highest BCUT2D eigenvalue weighted by atomic mass is 32.2. The summed E-state index contributed by atoms with van der Waals surface area (Å²) in [7, 11) is 0. The van der Waals surface area contributed by atoms with E-state index in [1.54, 1.807) is 23.1 Å². The summed E-state index contributed by atoms with van der Waals surface area (Å²) < 4.78 is 5.27. The zero-order valence-corrected chi connectivity index (χ0v) is 12.5. The van der Waals surface area contributed by atoms with Crippen molar-refractivity contribution in [3.63, 3.8) is 0 Å². The molecule has 0 amide bonds. The Bertz CT molecular complexity index is 707. The molecule has 0 unspecified atom stereocenters. The third-order valence-corrected chi connectivity index (χ3v) is 4.64. The van der Waals surface area contributed by atoms with Crippen molar-refractivity contribution in [3.05, 3.63) is 46.5 Å². The molecule has 0 bridgehead atoms. The van der Waals surface area contributed by atoms with Gasteiger partial charge < -0.3 is 10.3 Å². The molecule has 0 aliphatic rings. The molecular weight excluding hydrogens is 290 g/mol. The fourth-order valence-electron chi connectivity index (χ4n) is 1.80. The van der Waals surface area contributed by atoms with Gasteiger partial charge in [0.1, 0.15) is 0 Å². The molecule has 0 atom stereocenters. The van der Waals surface area contributed by atoms with Crippen molar-refractivity contribution >= 4 is 28.8 Å². The van der Waals surface area contributed by atoms with Gasteiger partial charge in [0.2, 0.25) is 11.7 Å². The smallest absolute Gasteiger partial charge is 0.237 e. The third-order valence-electron chi connectivity index (χ3n) is 2.80. The highest BCUT2D eigenvalue weighted by Crippen LogP contribution is 2.27. The second-order valence-electron chi connectivity index (χ2n) is 4.34. The van der Waals surface area contributed by atoms with Gasteiger partial charge >= 0.3 is 0 Å². The number of nitrogens with zero attached hydrogens (tertiary/aromatic N) is 2. The Morgan fingerprint density at radius 3 is 3.00 bits per heavy atom. The Balaban J connectivity index is 1.70. The number of hydrogen-bond donors (Lipinski definition) is 1. The van der Waals surface area contributed by atoms with E-state index in [9.17, 15) is 0 Å². The summed E-state index contributed by atoms with van der Waals surface area (Å²) in [6, 6.07) is 7.87. The number of benzene rings is 1. The van der Waals surface area contributed by atoms with Crippen molar-refractivity contribution in [1.82, 2.24) is 10.1 Å². The minimum absolute atomic E-state index is 0.632. The number of hydrogen-bond acceptors (Lipinski definition) is 6. The largest absolute Gasteiger partial charge is 0.399 e. The number of anilines is 1. The van der Waals surface area contributed by atoms with Gasteiger partial charge in [-0.25, -0.2) is 0 Å². The van der Waals surface area contributed by atoms with Crippen LogP contribution in [-0.2, 0) is 5.75 Å². The predicted octanol–water partition coefficient (Wildman–Crippen LogP) is 3.98. The summed E-state index contributed by atoms with van der Waals surface area (Å²) in [5, 5.41) is 8.00. The maximum Gasteiger partial charge on any atom is 0.237 e. The summed E-state index contributed by atoms with van der Waals surface area (Å²) in [5.74, 6) is 1.94. The lowest BCUT2D eigenvalue weighted by atomic mass is 10.2. The molecule has 6 heteroatoms. The van der Waals surface area contributed by atoms with E-state index >= 15 is 0 Å². The van der Waals surface area contributed by atoms with Gasteiger partial charge in [-0.05, 0) is 42.1 Å². The van der Waals surface area contributed by atoms with E-state index in [1.165, 1.54) is 4.90 Å². The lowest BCUT2D eigenvalue weighted by molar-refractivity contribution is 0.391. The number of aromatic nitrogens is 2. The Morgan fingerprint density at radius 1 is 1.35 bits per heavy atom. The molecule has 0 fully saturated rings. The zero-order valence-electron chi connectivity index (χ0n) is 10.9. The summed E-state index contributed by atoms with van der Waals surface area (Å²) in [4.78, 5) is 5.57. The zero-order chi connectivity index (χ0) is 13.9. The molecule has 3 rings (SSSR count). The van der Waals surface area contributed by atoms with Gasteiger partial charge in [0.15, 0.2) is 0 Å². The first-order valence-corrected chi connectivity index (χ1v) is 7.99. The van der Waals surface area contributed by atoms with Gasteiger partial charge in [0.25, 0.3) is 0 Å². The van der Waals surface area contributed by atoms with Crippen LogP contribution in [0.2, 0.25) is 0 Å². The van der Waals surface area contributed by atoms with Gasteiger partial charge in [0, 0.05) is 21.5 Å². The highest BCUT2D eigenvalue weighted by Gasteiger charge is 2.10. The lowest BCUT2D eigenvalue weighted by Crippen LogP contribution is -1.88. The number of nitrogen functional groups attached to an aromatic ring is 1. The molecule has 2 aromatic heterocycles. The Morgan fingerprint density at radius 2 is 2.25 bits per heavy atom. The van der Waals surface area contributed by atoms with Crippen molar-refractivity contribution in [3.8, 4) is 11.4 Å². The molecule has 0 aliphatic carbocycles. The van der Waals surface area contributed by atoms with Crippen LogP contribution in [0.5, 0.6) is 0 Å². The summed E-state index contributed by atoms with van der Waals surface area (Å²) >= 11 is 3.29. The van der Waals surface area contributed by atoms with E-state index in [0.717, 1.165) is 16.8 Å². The molecule has 102 valence electrons. The first-order chi connectivity index (χ1) is 9.72. The van der Waals surface area contributed by atoms with Crippen LogP contribution in [0, 0.1) is 6.92 Å². The average Bonchev–Trinajstić information content (AvgIpc) is 3.08. The average molecular weight is 303 g/mol. The topological polar surface area (TPSA) is 64.9 Å². The predicted molar refractivity (Wildman–Crippen MR) is 82.8 cm³/mol. The number of aryl methyl sites for hydroxylation is 1. The van der Waals surface area contributed by atoms with Crippen LogP contribution in [0.1, 0.15) is 11.5 Å². The molecule has 20 heavy (non-hydrogen) atoms. The molecule has 2 heterocycles. The van der Waals surface area contributed by atoms with E-state index < -0.39 is 0 Å². The first kappa shape index (κ1) is 13.2. The molecule has 0 saturated heterocycles. The van der Waals surface area contributed by atoms with Crippen molar-refractivity contribution in [2.45, 2.75) is 17.6 Å². The van der Waals surface area contributed by atoms with E-state index in [0.29, 0.717) is 17.5 Å². The van der Waals surface area contributed by atoms with Crippen molar-refractivity contribution in [2.24, 2.45) is 0 Å². The number of nitrogens with two attached hydrogens (primary N) is 1. The van der Waals surface area contributed by atoms with Crippen LogP contribution >= 0.6 is 23.1 Å². The van der Waals surface area contributed by atoms with Gasteiger partial charge in [-0.3, -0.25) is 0 Å². The van der Waals surface area contributed by atoms with Gasteiger partial charge in [0.05, 0.1) is 5.75 Å². The number of thiophene rings is 1. The van der Waals surface area contributed by atoms with Crippen molar-refractivity contribution < 1.29 is 4.52 Å². The number of rotatable bonds is 4. The maximum absolute atomic E-state index is 5.74. The molecule has 0 saturated carbocycles. The highest BCUT2D eigenvalue weighted by molar-refractivity contribution is 7.98. The van der Waals surface area contributed by atoms with Crippen LogP contribution in [0.15, 0.2) is 44.4 Å². The minimum atomic E-state index is 0.632. The van der Waals surface area contributed by atoms with E-state index in [1.807, 2.05) is 41.9 Å². The molecular formula is C14H13N3OS2. The lowest BCUT2D eigenvalue weighted by Gasteiger charge is -2.04. The van der Waals surface area contributed by atoms with E-state index in [-0.39, 0.29) is 0 Å². The quantitative estimate of drug-likeness (QED) is 0.583. The fraction of sp³-hybridized carbons (Fsp3) is 0.143. The molecule has 3 aromatic rings. The second-order valence-corrected chi connectivity index (χ2v) is 6.13. The Kier molecular flexibility index (Phi) is 3.75. The van der Waals surface area contributed by atoms with Crippen LogP contribution < -0.4 is 5.73 Å². The van der Waals surface area contributed by atoms with Gasteiger partial charge in [-0.2, -0.15) is 16.3 Å². The SMILES string of the molecule is Cc1cc(N)ccc1SCc1nc(-c2ccsc2)no1. The monoisotopic (exact) mass is 303 g/mol. The van der Waals surface area contributed by atoms with Crippen molar-refractivity contribution in [2.75, 3.05) is 5.73 Å². The fourth-order valence-corrected chi connectivity index (χ4v) is 3.28. The normalized spacial score (nSPS) is 10.8. The Hall–Kier alpha value is -1.79. The molecule has 0 aliphatic heterocycles. The van der Waals surface area contributed by atoms with Crippen LogP contribution in [-0.4, -0.2) is 10.1 Å². The standard InChI is InChI=1S/C14H13N3OS2/c1-9-6-11(15)2-3-12(9)20-8-13-16-14(17-18-13)10-4-5-19-7-10/h2-7H,8,15H2,1H3. The van der Waals surface area contributed by atoms with Crippen LogP contribution in [0.4, 0.5) is 5.69 Å². The molecule has 4 nitrogen and oxygen atoms in total. The summed E-state index contributed by atoms with van der Waals surface area (Å²) in [5.41, 5.74) is 8.68. The minimum Gasteiger partial charge on any atom is -0.399 e. The van der Waals surface area contributed by atoms with Crippen LogP contribution in [0.25, 0.3) is 11.4 Å². The third kappa shape index (κ3) is 2.86. The van der Waals surface area contributed by atoms with Crippen molar-refractivity contribution in [1.29, 1.82) is 0 Å². The van der Waals surface area contributed by atoms with E-state index in [4.69, 9.17) is 10.3 Å². The molecule has 1 aromatic carbocycles. The molecule has 0 spiro atoms. The van der Waals surface area contributed by atoms with Gasteiger partial charge in [-0.1, -0.05) is 5.16 Å². The molecule has 2 N–H and O–H groups in total. The number of thioether (sulfide) groups is 1. The molecule has 0 radical (unpaired) electrons. The Labute approximate surface area is 125 Å². The summed E-state index contributed by atoms with van der Waals surface area (Å²) in [6.07, 6.45) is 0. The van der Waals surface area contributed by atoms with Crippen LogP contribution in [0.3, 0.4) is 0 Å². The van der Waals surface area contributed by atoms with Gasteiger partial charge in [-0.15, -0.1) is 11.8 Å². The maximum atomic E-state index is 5.74. The first-order valence-electron chi connectivity index (χ1n) is 6.06. The second kappa shape index (κ2) is 5.68.